The first-order valence-corrected chi connectivity index (χ1v) is 6.46. The molecule has 0 aliphatic heterocycles. The minimum Gasteiger partial charge on any atom is -0.387 e. The predicted octanol–water partition coefficient (Wildman–Crippen LogP) is 4.13. The minimum atomic E-state index is -0.295. The van der Waals surface area contributed by atoms with Crippen molar-refractivity contribution in [3.63, 3.8) is 0 Å². The molecule has 1 aromatic heterocycles. The van der Waals surface area contributed by atoms with Crippen LogP contribution < -0.4 is 0 Å². The monoisotopic (exact) mass is 226 g/mol. The fourth-order valence-electron chi connectivity index (χ4n) is 1.42. The number of hydrogen-bond donors (Lipinski definition) is 1. The van der Waals surface area contributed by atoms with E-state index in [9.17, 15) is 5.11 Å². The average Bonchev–Trinajstić information content (AvgIpc) is 2.63. The van der Waals surface area contributed by atoms with E-state index >= 15 is 0 Å². The molecule has 0 radical (unpaired) electrons. The van der Waals surface area contributed by atoms with Gasteiger partial charge >= 0.3 is 0 Å². The first-order valence-electron chi connectivity index (χ1n) is 5.64. The van der Waals surface area contributed by atoms with Crippen molar-refractivity contribution in [1.82, 2.24) is 0 Å². The van der Waals surface area contributed by atoms with Gasteiger partial charge in [-0.2, -0.15) is 0 Å². The summed E-state index contributed by atoms with van der Waals surface area (Å²) in [5.74, 6) is 0.344. The third-order valence-corrected chi connectivity index (χ3v) is 4.42. The normalized spacial score (nSPS) is 16.4. The highest BCUT2D eigenvalue weighted by Gasteiger charge is 2.21. The minimum absolute atomic E-state index is 0.193. The molecule has 0 fully saturated rings. The van der Waals surface area contributed by atoms with E-state index in [1.54, 1.807) is 11.3 Å². The largest absolute Gasteiger partial charge is 0.387 e. The molecule has 86 valence electrons. The Morgan fingerprint density at radius 1 is 1.33 bits per heavy atom. The number of hydrogen-bond acceptors (Lipinski definition) is 2. The molecule has 2 atom stereocenters. The number of aliphatic hydroxyl groups is 1. The standard InChI is InChI=1S/C13H22OS/c1-6-9(2)12(14)10-7-8-11(15-10)13(3,4)5/h7-9,12,14H,6H2,1-5H3. The first-order chi connectivity index (χ1) is 6.86. The van der Waals surface area contributed by atoms with E-state index in [-0.39, 0.29) is 11.5 Å². The third-order valence-electron chi connectivity index (χ3n) is 2.84. The summed E-state index contributed by atoms with van der Waals surface area (Å²) in [5.41, 5.74) is 0.193. The molecular formula is C13H22OS. The summed E-state index contributed by atoms with van der Waals surface area (Å²) in [6.45, 7) is 10.8. The van der Waals surface area contributed by atoms with E-state index in [4.69, 9.17) is 0 Å². The van der Waals surface area contributed by atoms with E-state index in [1.807, 2.05) is 0 Å². The highest BCUT2D eigenvalue weighted by molar-refractivity contribution is 7.12. The van der Waals surface area contributed by atoms with E-state index in [1.165, 1.54) is 4.88 Å². The van der Waals surface area contributed by atoms with Crippen LogP contribution in [-0.2, 0) is 5.41 Å². The van der Waals surface area contributed by atoms with Crippen LogP contribution in [0.5, 0.6) is 0 Å². The Morgan fingerprint density at radius 3 is 2.33 bits per heavy atom. The second kappa shape index (κ2) is 4.67. The van der Waals surface area contributed by atoms with Crippen LogP contribution in [0.3, 0.4) is 0 Å². The summed E-state index contributed by atoms with van der Waals surface area (Å²) in [7, 11) is 0. The molecule has 1 heterocycles. The fourth-order valence-corrected chi connectivity index (χ4v) is 2.60. The van der Waals surface area contributed by atoms with Crippen LogP contribution >= 0.6 is 11.3 Å². The van der Waals surface area contributed by atoms with Crippen LogP contribution in [0, 0.1) is 5.92 Å². The number of thiophene rings is 1. The lowest BCUT2D eigenvalue weighted by Crippen LogP contribution is -2.08. The Labute approximate surface area is 97.2 Å². The zero-order valence-electron chi connectivity index (χ0n) is 10.4. The Bertz CT molecular complexity index is 309. The molecule has 1 nitrogen and oxygen atoms in total. The summed E-state index contributed by atoms with van der Waals surface area (Å²) in [6, 6.07) is 4.22. The van der Waals surface area contributed by atoms with Crippen molar-refractivity contribution in [2.45, 2.75) is 52.6 Å². The van der Waals surface area contributed by atoms with Gasteiger partial charge in [0.1, 0.15) is 0 Å². The summed E-state index contributed by atoms with van der Waals surface area (Å²) in [4.78, 5) is 2.45. The molecule has 0 aromatic carbocycles. The summed E-state index contributed by atoms with van der Waals surface area (Å²) in [5, 5.41) is 10.1. The van der Waals surface area contributed by atoms with Gasteiger partial charge in [-0.15, -0.1) is 11.3 Å². The summed E-state index contributed by atoms with van der Waals surface area (Å²) >= 11 is 1.74. The second-order valence-electron chi connectivity index (χ2n) is 5.28. The molecule has 2 heteroatoms. The molecule has 15 heavy (non-hydrogen) atoms. The lowest BCUT2D eigenvalue weighted by molar-refractivity contribution is 0.119. The van der Waals surface area contributed by atoms with Crippen molar-refractivity contribution in [3.8, 4) is 0 Å². The molecule has 0 aliphatic rings. The third kappa shape index (κ3) is 3.05. The van der Waals surface area contributed by atoms with Crippen LogP contribution in [0.4, 0.5) is 0 Å². The fraction of sp³-hybridized carbons (Fsp3) is 0.692. The number of rotatable bonds is 3. The molecule has 0 bridgehead atoms. The summed E-state index contributed by atoms with van der Waals surface area (Å²) in [6.07, 6.45) is 0.722. The maximum Gasteiger partial charge on any atom is 0.0907 e. The molecule has 1 N–H and O–H groups in total. The van der Waals surface area contributed by atoms with Crippen LogP contribution in [0.15, 0.2) is 12.1 Å². The smallest absolute Gasteiger partial charge is 0.0907 e. The molecule has 0 saturated carbocycles. The SMILES string of the molecule is CCC(C)C(O)c1ccc(C(C)(C)C)s1. The van der Waals surface area contributed by atoms with Gasteiger partial charge in [0, 0.05) is 9.75 Å². The molecular weight excluding hydrogens is 204 g/mol. The van der Waals surface area contributed by atoms with Gasteiger partial charge < -0.3 is 5.11 Å². The molecule has 0 spiro atoms. The summed E-state index contributed by atoms with van der Waals surface area (Å²) < 4.78 is 0. The Kier molecular flexibility index (Phi) is 3.96. The van der Waals surface area contributed by atoms with Gasteiger partial charge in [-0.3, -0.25) is 0 Å². The zero-order chi connectivity index (χ0) is 11.6. The predicted molar refractivity (Wildman–Crippen MR) is 67.4 cm³/mol. The molecule has 0 amide bonds. The molecule has 2 unspecified atom stereocenters. The van der Waals surface area contributed by atoms with Crippen LogP contribution in [0.25, 0.3) is 0 Å². The quantitative estimate of drug-likeness (QED) is 0.822. The van der Waals surface area contributed by atoms with Gasteiger partial charge in [0.15, 0.2) is 0 Å². The van der Waals surface area contributed by atoms with E-state index in [2.05, 4.69) is 46.8 Å². The van der Waals surface area contributed by atoms with E-state index < -0.39 is 0 Å². The molecule has 0 aliphatic carbocycles. The van der Waals surface area contributed by atoms with Gasteiger partial charge in [-0.1, -0.05) is 41.0 Å². The maximum atomic E-state index is 10.1. The van der Waals surface area contributed by atoms with Crippen LogP contribution in [0.2, 0.25) is 0 Å². The maximum absolute atomic E-state index is 10.1. The molecule has 1 aromatic rings. The Hall–Kier alpha value is -0.340. The van der Waals surface area contributed by atoms with Crippen molar-refractivity contribution in [2.24, 2.45) is 5.92 Å². The van der Waals surface area contributed by atoms with Gasteiger partial charge in [-0.25, -0.2) is 0 Å². The molecule has 0 saturated heterocycles. The molecule has 1 rings (SSSR count). The zero-order valence-corrected chi connectivity index (χ0v) is 11.2. The highest BCUT2D eigenvalue weighted by atomic mass is 32.1. The lowest BCUT2D eigenvalue weighted by Gasteiger charge is -2.17. The van der Waals surface area contributed by atoms with Gasteiger partial charge in [0.2, 0.25) is 0 Å². The van der Waals surface area contributed by atoms with Crippen LogP contribution in [-0.4, -0.2) is 5.11 Å². The highest BCUT2D eigenvalue weighted by Crippen LogP contribution is 2.35. The van der Waals surface area contributed by atoms with Crippen LogP contribution in [0.1, 0.15) is 56.9 Å². The first kappa shape index (κ1) is 12.7. The van der Waals surface area contributed by atoms with E-state index in [0.717, 1.165) is 11.3 Å². The average molecular weight is 226 g/mol. The number of aliphatic hydroxyl groups excluding tert-OH is 1. The van der Waals surface area contributed by atoms with Crippen molar-refractivity contribution in [3.05, 3.63) is 21.9 Å². The van der Waals surface area contributed by atoms with Gasteiger partial charge in [0.25, 0.3) is 0 Å². The second-order valence-corrected chi connectivity index (χ2v) is 6.40. The van der Waals surface area contributed by atoms with Crippen molar-refractivity contribution < 1.29 is 5.11 Å². The van der Waals surface area contributed by atoms with Crippen molar-refractivity contribution in [1.29, 1.82) is 0 Å². The Balaban J connectivity index is 2.85. The van der Waals surface area contributed by atoms with Crippen molar-refractivity contribution >= 4 is 11.3 Å². The lowest BCUT2D eigenvalue weighted by atomic mass is 9.95. The van der Waals surface area contributed by atoms with Gasteiger partial charge in [0.05, 0.1) is 6.10 Å². The topological polar surface area (TPSA) is 20.2 Å². The van der Waals surface area contributed by atoms with Gasteiger partial charge in [-0.05, 0) is 23.5 Å². The van der Waals surface area contributed by atoms with Crippen molar-refractivity contribution in [2.75, 3.05) is 0 Å². The Morgan fingerprint density at radius 2 is 1.93 bits per heavy atom. The van der Waals surface area contributed by atoms with E-state index in [0.29, 0.717) is 5.92 Å².